The van der Waals surface area contributed by atoms with Crippen LogP contribution < -0.4 is 16.2 Å². The quantitative estimate of drug-likeness (QED) is 0.366. The fourth-order valence-electron chi connectivity index (χ4n) is 3.77. The molecule has 0 saturated heterocycles. The number of nitrogens with one attached hydrogen (secondary N) is 1. The summed E-state index contributed by atoms with van der Waals surface area (Å²) in [6.45, 7) is 0.563. The molecule has 29 heavy (non-hydrogen) atoms. The van der Waals surface area contributed by atoms with Crippen molar-refractivity contribution in [2.24, 2.45) is 23.3 Å². The van der Waals surface area contributed by atoms with Crippen LogP contribution in [0.1, 0.15) is 19.3 Å². The number of hydrogen-bond donors (Lipinski definition) is 3. The van der Waals surface area contributed by atoms with Gasteiger partial charge in [-0.15, -0.1) is 0 Å². The molecular formula is C17H28N4O6S2. The molecule has 0 bridgehead atoms. The van der Waals surface area contributed by atoms with Crippen molar-refractivity contribution >= 4 is 39.6 Å². The van der Waals surface area contributed by atoms with Crippen LogP contribution in [0.25, 0.3) is 0 Å². The Kier molecular flexibility index (Phi) is 7.94. The summed E-state index contributed by atoms with van der Waals surface area (Å²) in [4.78, 5) is 37.6. The van der Waals surface area contributed by atoms with Crippen molar-refractivity contribution < 1.29 is 27.5 Å². The van der Waals surface area contributed by atoms with Crippen LogP contribution >= 0.6 is 11.8 Å². The first-order chi connectivity index (χ1) is 13.5. The molecule has 10 nitrogen and oxygen atoms in total. The summed E-state index contributed by atoms with van der Waals surface area (Å²) in [7, 11) is -2.42. The second kappa shape index (κ2) is 9.81. The smallest absolute Gasteiger partial charge is 0.323 e. The highest BCUT2D eigenvalue weighted by atomic mass is 32.2. The van der Waals surface area contributed by atoms with Crippen LogP contribution in [0.4, 0.5) is 0 Å². The van der Waals surface area contributed by atoms with E-state index >= 15 is 0 Å². The largest absolute Gasteiger partial charge is 0.461 e. The van der Waals surface area contributed by atoms with Gasteiger partial charge in [-0.25, -0.2) is 8.42 Å². The van der Waals surface area contributed by atoms with Crippen LogP contribution in [0.15, 0.2) is 11.8 Å². The Morgan fingerprint density at radius 1 is 1.38 bits per heavy atom. The minimum atomic E-state index is -4.21. The summed E-state index contributed by atoms with van der Waals surface area (Å²) in [5.41, 5.74) is 11.6. The lowest BCUT2D eigenvalue weighted by Crippen LogP contribution is -2.46. The van der Waals surface area contributed by atoms with Crippen LogP contribution in [0.2, 0.25) is 0 Å². The molecule has 2 amide bonds. The molecule has 0 aromatic heterocycles. The van der Waals surface area contributed by atoms with E-state index in [1.54, 1.807) is 18.1 Å². The lowest BCUT2D eigenvalue weighted by atomic mass is 9.85. The average Bonchev–Trinajstić information content (AvgIpc) is 3.00. The van der Waals surface area contributed by atoms with Gasteiger partial charge in [0.2, 0.25) is 21.8 Å². The molecule has 1 saturated carbocycles. The van der Waals surface area contributed by atoms with Crippen molar-refractivity contribution in [2.45, 2.75) is 31.4 Å². The van der Waals surface area contributed by atoms with Crippen molar-refractivity contribution in [1.82, 2.24) is 9.62 Å². The summed E-state index contributed by atoms with van der Waals surface area (Å²) in [6.07, 6.45) is 4.48. The molecule has 0 aromatic rings. The van der Waals surface area contributed by atoms with Gasteiger partial charge in [0.15, 0.2) is 5.75 Å². The molecule has 0 aromatic carbocycles. The van der Waals surface area contributed by atoms with Gasteiger partial charge in [0.05, 0.1) is 6.04 Å². The zero-order valence-electron chi connectivity index (χ0n) is 16.5. The molecular weight excluding hydrogens is 420 g/mol. The molecule has 0 radical (unpaired) electrons. The number of sulfonamides is 1. The summed E-state index contributed by atoms with van der Waals surface area (Å²) < 4.78 is 31.4. The first-order valence-corrected chi connectivity index (χ1v) is 12.3. The maximum absolute atomic E-state index is 12.2. The number of hydrogen-bond acceptors (Lipinski definition) is 9. The minimum Gasteiger partial charge on any atom is -0.461 e. The van der Waals surface area contributed by atoms with Gasteiger partial charge in [-0.1, -0.05) is 0 Å². The number of rotatable bonds is 9. The van der Waals surface area contributed by atoms with Gasteiger partial charge in [-0.3, -0.25) is 19.1 Å². The second-order valence-electron chi connectivity index (χ2n) is 7.38. The maximum Gasteiger partial charge on any atom is 0.323 e. The van der Waals surface area contributed by atoms with Crippen LogP contribution in [0.3, 0.4) is 0 Å². The monoisotopic (exact) mass is 448 g/mol. The first-order valence-electron chi connectivity index (χ1n) is 9.24. The third kappa shape index (κ3) is 6.34. The third-order valence-electron chi connectivity index (χ3n) is 5.12. The average molecular weight is 449 g/mol. The highest BCUT2D eigenvalue weighted by Gasteiger charge is 2.44. The van der Waals surface area contributed by atoms with Crippen molar-refractivity contribution in [3.63, 3.8) is 0 Å². The number of nitrogens with zero attached hydrogens (tertiary/aromatic N) is 1. The minimum absolute atomic E-state index is 0.118. The lowest BCUT2D eigenvalue weighted by Gasteiger charge is -2.34. The summed E-state index contributed by atoms with van der Waals surface area (Å²) in [5, 5.41) is 0. The summed E-state index contributed by atoms with van der Waals surface area (Å²) in [6, 6.07) is -0.972. The zero-order valence-corrected chi connectivity index (χ0v) is 18.1. The molecule has 5 N–H and O–H groups in total. The van der Waals surface area contributed by atoms with Crippen LogP contribution in [-0.4, -0.2) is 74.6 Å². The van der Waals surface area contributed by atoms with E-state index in [-0.39, 0.29) is 11.8 Å². The van der Waals surface area contributed by atoms with Crippen molar-refractivity contribution in [3.8, 4) is 0 Å². The first kappa shape index (κ1) is 23.5. The van der Waals surface area contributed by atoms with Gasteiger partial charge in [0, 0.05) is 31.3 Å². The normalized spacial score (nSPS) is 25.0. The van der Waals surface area contributed by atoms with E-state index in [1.807, 2.05) is 11.0 Å². The standard InChI is InChI=1S/C17H28N4O6S2/c1-21-7-11-10(12(8-21)16(19)23)3-4-14(11)27-15(22)9-29(25,26)20-17(24)13(18)5-6-28-2/h8,10-11,13-14H,3-7,9,18H2,1-2H3,(H2,19,23)(H,20,24)/t10?,11?,13-,14?/m0/s1. The molecule has 1 fully saturated rings. The van der Waals surface area contributed by atoms with Crippen LogP contribution in [-0.2, 0) is 29.1 Å². The number of esters is 1. The topological polar surface area (TPSA) is 162 Å². The molecule has 1 heterocycles. The Hall–Kier alpha value is -1.79. The van der Waals surface area contributed by atoms with Crippen molar-refractivity contribution in [2.75, 3.05) is 31.4 Å². The van der Waals surface area contributed by atoms with Crippen LogP contribution in [0.5, 0.6) is 0 Å². The summed E-state index contributed by atoms with van der Waals surface area (Å²) >= 11 is 1.48. The molecule has 164 valence electrons. The van der Waals surface area contributed by atoms with E-state index in [4.69, 9.17) is 16.2 Å². The third-order valence-corrected chi connectivity index (χ3v) is 6.89. The number of carbonyl (C=O) groups is 3. The molecule has 2 rings (SSSR count). The predicted octanol–water partition coefficient (Wildman–Crippen LogP) is -1.23. The molecule has 2 aliphatic rings. The molecule has 12 heteroatoms. The molecule has 3 unspecified atom stereocenters. The second-order valence-corrected chi connectivity index (χ2v) is 10.1. The van der Waals surface area contributed by atoms with Crippen molar-refractivity contribution in [3.05, 3.63) is 11.8 Å². The number of thioether (sulfide) groups is 1. The number of primary amides is 1. The van der Waals surface area contributed by atoms with E-state index in [2.05, 4.69) is 0 Å². The van der Waals surface area contributed by atoms with Gasteiger partial charge in [-0.2, -0.15) is 11.8 Å². The number of nitrogens with two attached hydrogens (primary N) is 2. The Morgan fingerprint density at radius 3 is 2.69 bits per heavy atom. The Labute approximate surface area is 174 Å². The van der Waals surface area contributed by atoms with Gasteiger partial charge >= 0.3 is 5.97 Å². The maximum atomic E-state index is 12.2. The molecule has 1 aliphatic carbocycles. The van der Waals surface area contributed by atoms with E-state index in [0.717, 1.165) is 0 Å². The van der Waals surface area contributed by atoms with E-state index in [0.29, 0.717) is 37.1 Å². The Bertz CT molecular complexity index is 785. The van der Waals surface area contributed by atoms with Crippen molar-refractivity contribution in [1.29, 1.82) is 0 Å². The lowest BCUT2D eigenvalue weighted by molar-refractivity contribution is -0.148. The molecule has 0 spiro atoms. The number of carbonyl (C=O) groups excluding carboxylic acids is 3. The fraction of sp³-hybridized carbons (Fsp3) is 0.706. The van der Waals surface area contributed by atoms with Gasteiger partial charge in [0.25, 0.3) is 0 Å². The van der Waals surface area contributed by atoms with Crippen LogP contribution in [0, 0.1) is 11.8 Å². The SMILES string of the molecule is CSCC[C@H](N)C(=O)NS(=O)(=O)CC(=O)OC1CCC2C(C(N)=O)=CN(C)CC12. The Morgan fingerprint density at radius 2 is 2.07 bits per heavy atom. The predicted molar refractivity (Wildman–Crippen MR) is 109 cm³/mol. The van der Waals surface area contributed by atoms with Gasteiger partial charge < -0.3 is 21.1 Å². The fourth-order valence-corrected chi connectivity index (χ4v) is 5.17. The molecule has 1 aliphatic heterocycles. The van der Waals surface area contributed by atoms with E-state index < -0.39 is 45.7 Å². The number of fused-ring (bicyclic) bond motifs is 1. The Balaban J connectivity index is 1.93. The molecule has 4 atom stereocenters. The van der Waals surface area contributed by atoms with E-state index in [1.165, 1.54) is 11.8 Å². The van der Waals surface area contributed by atoms with Gasteiger partial charge in [-0.05, 0) is 37.2 Å². The number of amides is 2. The summed E-state index contributed by atoms with van der Waals surface area (Å²) in [5.74, 6) is -2.94. The number of ether oxygens (including phenoxy) is 1. The highest BCUT2D eigenvalue weighted by Crippen LogP contribution is 2.41. The van der Waals surface area contributed by atoms with E-state index in [9.17, 15) is 22.8 Å². The zero-order chi connectivity index (χ0) is 21.8. The highest BCUT2D eigenvalue weighted by molar-refractivity contribution is 7.98. The van der Waals surface area contributed by atoms with Gasteiger partial charge in [0.1, 0.15) is 6.10 Å².